The van der Waals surface area contributed by atoms with Crippen molar-refractivity contribution in [3.63, 3.8) is 0 Å². The van der Waals surface area contributed by atoms with Crippen LogP contribution in [0.4, 0.5) is 0 Å². The number of hydrogen-bond donors (Lipinski definition) is 2. The topological polar surface area (TPSA) is 76.4 Å². The molecule has 2 N–H and O–H groups in total. The van der Waals surface area contributed by atoms with Crippen LogP contribution in [0.25, 0.3) is 0 Å². The number of aryl methyl sites for hydroxylation is 1. The quantitative estimate of drug-likeness (QED) is 0.365. The minimum atomic E-state index is 0. The molecule has 1 aliphatic heterocycles. The normalized spacial score (nSPS) is 20.9. The molecular formula is C19H35IN6O. The summed E-state index contributed by atoms with van der Waals surface area (Å²) in [5.74, 6) is 3.53. The number of halogens is 1. The maximum Gasteiger partial charge on any atom is 0.191 e. The van der Waals surface area contributed by atoms with Crippen molar-refractivity contribution in [2.45, 2.75) is 71.6 Å². The lowest BCUT2D eigenvalue weighted by Crippen LogP contribution is -2.49. The standard InChI is InChI=1S/C19H34N6O.HI/c1-19(2,14-7-5-6-8-14)13-21-18(20-3)22-15-9-10-17-23-16(12-26-4)24-25(17)11-15;/h14-15H,5-13H2,1-4H3,(H2,20,21,22);1H. The van der Waals surface area contributed by atoms with Crippen molar-refractivity contribution in [3.8, 4) is 0 Å². The predicted octanol–water partition coefficient (Wildman–Crippen LogP) is 2.74. The van der Waals surface area contributed by atoms with Crippen molar-refractivity contribution >= 4 is 29.9 Å². The summed E-state index contributed by atoms with van der Waals surface area (Å²) in [5, 5.41) is 11.7. The summed E-state index contributed by atoms with van der Waals surface area (Å²) in [4.78, 5) is 8.97. The summed E-state index contributed by atoms with van der Waals surface area (Å²) in [6.45, 7) is 7.00. The van der Waals surface area contributed by atoms with Gasteiger partial charge in [-0.25, -0.2) is 9.67 Å². The number of nitrogens with zero attached hydrogens (tertiary/aromatic N) is 4. The van der Waals surface area contributed by atoms with Gasteiger partial charge in [0.05, 0.1) is 6.54 Å². The molecule has 8 heteroatoms. The summed E-state index contributed by atoms with van der Waals surface area (Å²) in [5.41, 5.74) is 0.300. The molecule has 1 unspecified atom stereocenters. The number of aromatic nitrogens is 3. The third-order valence-corrected chi connectivity index (χ3v) is 5.91. The van der Waals surface area contributed by atoms with Gasteiger partial charge in [0.15, 0.2) is 11.8 Å². The SMILES string of the molecule is CN=C(NCC(C)(C)C1CCCC1)NC1CCc2nc(COC)nn2C1.I. The molecule has 7 nitrogen and oxygen atoms in total. The molecule has 0 spiro atoms. The van der Waals surface area contributed by atoms with Gasteiger partial charge in [-0.1, -0.05) is 26.7 Å². The summed E-state index contributed by atoms with van der Waals surface area (Å²) < 4.78 is 7.14. The molecule has 1 aliphatic carbocycles. The second-order valence-electron chi connectivity index (χ2n) is 8.34. The highest BCUT2D eigenvalue weighted by Crippen LogP contribution is 2.38. The van der Waals surface area contributed by atoms with Crippen LogP contribution in [-0.2, 0) is 24.3 Å². The number of aliphatic imine (C=N–C) groups is 1. The molecule has 0 radical (unpaired) electrons. The molecular weight excluding hydrogens is 455 g/mol. The van der Waals surface area contributed by atoms with E-state index in [0.717, 1.165) is 49.5 Å². The van der Waals surface area contributed by atoms with Crippen LogP contribution in [0, 0.1) is 11.3 Å². The zero-order chi connectivity index (χ0) is 18.6. The maximum absolute atomic E-state index is 5.14. The van der Waals surface area contributed by atoms with Crippen LogP contribution >= 0.6 is 24.0 Å². The molecule has 0 aromatic carbocycles. The molecule has 1 atom stereocenters. The first-order valence-corrected chi connectivity index (χ1v) is 9.90. The third-order valence-electron chi connectivity index (χ3n) is 5.91. The van der Waals surface area contributed by atoms with Crippen LogP contribution in [-0.4, -0.2) is 47.5 Å². The van der Waals surface area contributed by atoms with Crippen molar-refractivity contribution in [1.82, 2.24) is 25.4 Å². The fourth-order valence-corrected chi connectivity index (χ4v) is 4.22. The van der Waals surface area contributed by atoms with E-state index in [1.54, 1.807) is 7.11 Å². The van der Waals surface area contributed by atoms with E-state index in [1.807, 2.05) is 11.7 Å². The molecule has 2 aliphatic rings. The molecule has 0 bridgehead atoms. The van der Waals surface area contributed by atoms with Gasteiger partial charge in [-0.2, -0.15) is 5.10 Å². The zero-order valence-electron chi connectivity index (χ0n) is 17.1. The van der Waals surface area contributed by atoms with Crippen LogP contribution in [0.1, 0.15) is 57.6 Å². The van der Waals surface area contributed by atoms with Crippen LogP contribution in [0.5, 0.6) is 0 Å². The Hall–Kier alpha value is -0.900. The highest BCUT2D eigenvalue weighted by Gasteiger charge is 2.32. The van der Waals surface area contributed by atoms with E-state index < -0.39 is 0 Å². The maximum atomic E-state index is 5.14. The van der Waals surface area contributed by atoms with Crippen LogP contribution in [0.15, 0.2) is 4.99 Å². The van der Waals surface area contributed by atoms with E-state index in [-0.39, 0.29) is 24.0 Å². The lowest BCUT2D eigenvalue weighted by atomic mass is 9.78. The van der Waals surface area contributed by atoms with E-state index in [9.17, 15) is 0 Å². The molecule has 3 rings (SSSR count). The molecule has 0 amide bonds. The first kappa shape index (κ1) is 22.4. The number of guanidine groups is 1. The minimum absolute atomic E-state index is 0. The number of fused-ring (bicyclic) bond motifs is 1. The third kappa shape index (κ3) is 5.79. The van der Waals surface area contributed by atoms with Crippen molar-refractivity contribution in [1.29, 1.82) is 0 Å². The highest BCUT2D eigenvalue weighted by atomic mass is 127. The number of nitrogens with one attached hydrogen (secondary N) is 2. The van der Waals surface area contributed by atoms with E-state index in [0.29, 0.717) is 18.1 Å². The molecule has 1 aromatic heterocycles. The van der Waals surface area contributed by atoms with E-state index in [1.165, 1.54) is 25.7 Å². The Morgan fingerprint density at radius 2 is 2.04 bits per heavy atom. The average molecular weight is 490 g/mol. The second-order valence-corrected chi connectivity index (χ2v) is 8.34. The number of hydrogen-bond acceptors (Lipinski definition) is 4. The molecule has 1 fully saturated rings. The molecule has 1 aromatic rings. The smallest absolute Gasteiger partial charge is 0.191 e. The van der Waals surface area contributed by atoms with Gasteiger partial charge in [0.1, 0.15) is 12.4 Å². The Morgan fingerprint density at radius 3 is 2.70 bits per heavy atom. The first-order chi connectivity index (χ1) is 12.5. The Labute approximate surface area is 180 Å². The Kier molecular flexibility index (Phi) is 8.33. The Morgan fingerprint density at radius 1 is 1.30 bits per heavy atom. The number of methoxy groups -OCH3 is 1. The van der Waals surface area contributed by atoms with Gasteiger partial charge < -0.3 is 15.4 Å². The van der Waals surface area contributed by atoms with Gasteiger partial charge in [0.25, 0.3) is 0 Å². The lowest BCUT2D eigenvalue weighted by molar-refractivity contribution is 0.177. The molecule has 154 valence electrons. The van der Waals surface area contributed by atoms with Gasteiger partial charge in [0, 0.05) is 33.2 Å². The van der Waals surface area contributed by atoms with Crippen molar-refractivity contribution in [3.05, 3.63) is 11.6 Å². The van der Waals surface area contributed by atoms with Crippen LogP contribution < -0.4 is 10.6 Å². The van der Waals surface area contributed by atoms with E-state index in [2.05, 4.69) is 39.6 Å². The zero-order valence-corrected chi connectivity index (χ0v) is 19.5. The van der Waals surface area contributed by atoms with Gasteiger partial charge in [-0.15, -0.1) is 24.0 Å². The Bertz CT molecular complexity index is 624. The van der Waals surface area contributed by atoms with Crippen LogP contribution in [0.3, 0.4) is 0 Å². The van der Waals surface area contributed by atoms with E-state index in [4.69, 9.17) is 4.74 Å². The van der Waals surface area contributed by atoms with Gasteiger partial charge in [0.2, 0.25) is 0 Å². The minimum Gasteiger partial charge on any atom is -0.377 e. The monoisotopic (exact) mass is 490 g/mol. The van der Waals surface area contributed by atoms with Crippen LogP contribution in [0.2, 0.25) is 0 Å². The molecule has 1 saturated carbocycles. The van der Waals surface area contributed by atoms with Crippen molar-refractivity contribution in [2.24, 2.45) is 16.3 Å². The summed E-state index contributed by atoms with van der Waals surface area (Å²) in [6, 6.07) is 0.320. The number of ether oxygens (including phenoxy) is 1. The fraction of sp³-hybridized carbons (Fsp3) is 0.842. The average Bonchev–Trinajstić information content (AvgIpc) is 3.28. The largest absolute Gasteiger partial charge is 0.377 e. The van der Waals surface area contributed by atoms with E-state index >= 15 is 0 Å². The number of rotatable bonds is 6. The lowest BCUT2D eigenvalue weighted by Gasteiger charge is -2.33. The molecule has 27 heavy (non-hydrogen) atoms. The Balaban J connectivity index is 0.00000261. The van der Waals surface area contributed by atoms with Gasteiger partial charge in [-0.3, -0.25) is 4.99 Å². The first-order valence-electron chi connectivity index (χ1n) is 9.90. The van der Waals surface area contributed by atoms with Crippen molar-refractivity contribution < 1.29 is 4.74 Å². The molecule has 0 saturated heterocycles. The summed E-state index contributed by atoms with van der Waals surface area (Å²) in [7, 11) is 3.52. The molecule has 2 heterocycles. The summed E-state index contributed by atoms with van der Waals surface area (Å²) >= 11 is 0. The van der Waals surface area contributed by atoms with Gasteiger partial charge >= 0.3 is 0 Å². The van der Waals surface area contributed by atoms with Gasteiger partial charge in [-0.05, 0) is 30.6 Å². The highest BCUT2D eigenvalue weighted by molar-refractivity contribution is 14.0. The second kappa shape index (κ2) is 10.0. The summed E-state index contributed by atoms with van der Waals surface area (Å²) in [6.07, 6.45) is 7.46. The van der Waals surface area contributed by atoms with Crippen molar-refractivity contribution in [2.75, 3.05) is 20.7 Å². The fourth-order valence-electron chi connectivity index (χ4n) is 4.22. The predicted molar refractivity (Wildman–Crippen MR) is 118 cm³/mol.